The molecule has 0 aliphatic carbocycles. The summed E-state index contributed by atoms with van der Waals surface area (Å²) < 4.78 is 5.55. The van der Waals surface area contributed by atoms with Gasteiger partial charge in [0.1, 0.15) is 0 Å². The summed E-state index contributed by atoms with van der Waals surface area (Å²) in [5, 5.41) is 8.05. The molecule has 0 saturated carbocycles. The molecule has 0 N–H and O–H groups in total. The van der Waals surface area contributed by atoms with E-state index in [4.69, 9.17) is 16.0 Å². The predicted molar refractivity (Wildman–Crippen MR) is 56.7 cm³/mol. The van der Waals surface area contributed by atoms with Crippen molar-refractivity contribution in [3.63, 3.8) is 0 Å². The van der Waals surface area contributed by atoms with Crippen LogP contribution in [0.5, 0.6) is 0 Å². The summed E-state index contributed by atoms with van der Waals surface area (Å²) in [6, 6.07) is 0. The van der Waals surface area contributed by atoms with Crippen molar-refractivity contribution < 1.29 is 4.42 Å². The highest BCUT2D eigenvalue weighted by Gasteiger charge is 2.14. The van der Waals surface area contributed by atoms with E-state index in [0.29, 0.717) is 17.7 Å². The Balaban J connectivity index is 2.57. The molecule has 0 spiro atoms. The summed E-state index contributed by atoms with van der Waals surface area (Å²) in [4.78, 5) is 0. The molecule has 0 aromatic carbocycles. The molecule has 0 fully saturated rings. The van der Waals surface area contributed by atoms with E-state index >= 15 is 0 Å². The molecular weight excluding hydrogens is 200 g/mol. The van der Waals surface area contributed by atoms with E-state index in [9.17, 15) is 0 Å². The Morgan fingerprint density at radius 1 is 1.29 bits per heavy atom. The zero-order valence-corrected chi connectivity index (χ0v) is 9.55. The molecule has 3 nitrogen and oxygen atoms in total. The van der Waals surface area contributed by atoms with Crippen molar-refractivity contribution in [2.75, 3.05) is 5.88 Å². The van der Waals surface area contributed by atoms with E-state index in [-0.39, 0.29) is 0 Å². The summed E-state index contributed by atoms with van der Waals surface area (Å²) in [6.45, 7) is 4.27. The minimum atomic E-state index is 0.409. The van der Waals surface area contributed by atoms with Gasteiger partial charge >= 0.3 is 0 Å². The Morgan fingerprint density at radius 3 is 2.57 bits per heavy atom. The van der Waals surface area contributed by atoms with E-state index in [0.717, 1.165) is 31.6 Å². The van der Waals surface area contributed by atoms with Gasteiger partial charge < -0.3 is 4.42 Å². The molecule has 0 bridgehead atoms. The van der Waals surface area contributed by atoms with Crippen LogP contribution in [0.15, 0.2) is 4.42 Å². The molecule has 0 atom stereocenters. The maximum atomic E-state index is 5.59. The number of alkyl halides is 1. The number of aryl methyl sites for hydroxylation is 1. The van der Waals surface area contributed by atoms with Crippen molar-refractivity contribution in [1.29, 1.82) is 0 Å². The SMILES string of the molecule is CCC(CC)c1nnc(CCCCl)o1. The summed E-state index contributed by atoms with van der Waals surface area (Å²) in [7, 11) is 0. The molecule has 14 heavy (non-hydrogen) atoms. The smallest absolute Gasteiger partial charge is 0.219 e. The van der Waals surface area contributed by atoms with E-state index in [1.165, 1.54) is 0 Å². The molecule has 1 rings (SSSR count). The van der Waals surface area contributed by atoms with Crippen LogP contribution in [-0.2, 0) is 6.42 Å². The second-order valence-corrected chi connectivity index (χ2v) is 3.72. The number of halogens is 1. The fraction of sp³-hybridized carbons (Fsp3) is 0.800. The normalized spacial score (nSPS) is 11.1. The van der Waals surface area contributed by atoms with Crippen LogP contribution in [0.2, 0.25) is 0 Å². The average molecular weight is 217 g/mol. The molecule has 80 valence electrons. The number of hydrogen-bond donors (Lipinski definition) is 0. The van der Waals surface area contributed by atoms with Gasteiger partial charge in [0.15, 0.2) is 0 Å². The molecule has 0 aliphatic heterocycles. The van der Waals surface area contributed by atoms with Gasteiger partial charge in [-0.1, -0.05) is 13.8 Å². The average Bonchev–Trinajstić information content (AvgIpc) is 2.65. The van der Waals surface area contributed by atoms with Crippen molar-refractivity contribution in [2.45, 2.75) is 45.4 Å². The first-order valence-electron chi connectivity index (χ1n) is 5.20. The van der Waals surface area contributed by atoms with E-state index < -0.39 is 0 Å². The zero-order chi connectivity index (χ0) is 10.4. The molecule has 0 saturated heterocycles. The topological polar surface area (TPSA) is 38.9 Å². The van der Waals surface area contributed by atoms with Crippen LogP contribution in [-0.4, -0.2) is 16.1 Å². The van der Waals surface area contributed by atoms with Crippen molar-refractivity contribution in [3.8, 4) is 0 Å². The lowest BCUT2D eigenvalue weighted by atomic mass is 10.0. The van der Waals surface area contributed by atoms with Crippen LogP contribution in [0.1, 0.15) is 50.8 Å². The second-order valence-electron chi connectivity index (χ2n) is 3.34. The van der Waals surface area contributed by atoms with Crippen LogP contribution < -0.4 is 0 Å². The second kappa shape index (κ2) is 6.02. The van der Waals surface area contributed by atoms with Gasteiger partial charge in [-0.05, 0) is 19.3 Å². The van der Waals surface area contributed by atoms with Gasteiger partial charge in [0.25, 0.3) is 0 Å². The van der Waals surface area contributed by atoms with Gasteiger partial charge in [-0.2, -0.15) is 0 Å². The Hall–Kier alpha value is -0.570. The highest BCUT2D eigenvalue weighted by atomic mass is 35.5. The van der Waals surface area contributed by atoms with Crippen molar-refractivity contribution in [1.82, 2.24) is 10.2 Å². The van der Waals surface area contributed by atoms with Gasteiger partial charge in [-0.15, -0.1) is 21.8 Å². The first-order valence-corrected chi connectivity index (χ1v) is 5.73. The third kappa shape index (κ3) is 2.98. The third-order valence-corrected chi connectivity index (χ3v) is 2.61. The molecule has 4 heteroatoms. The van der Waals surface area contributed by atoms with Crippen LogP contribution in [0.4, 0.5) is 0 Å². The number of nitrogens with zero attached hydrogens (tertiary/aromatic N) is 2. The largest absolute Gasteiger partial charge is 0.425 e. The Kier molecular flexibility index (Phi) is 4.94. The van der Waals surface area contributed by atoms with Gasteiger partial charge in [0.2, 0.25) is 11.8 Å². The van der Waals surface area contributed by atoms with Crippen molar-refractivity contribution in [2.24, 2.45) is 0 Å². The Bertz CT molecular complexity index is 258. The maximum absolute atomic E-state index is 5.59. The molecular formula is C10H17ClN2O. The highest BCUT2D eigenvalue weighted by Crippen LogP contribution is 2.21. The Morgan fingerprint density at radius 2 is 2.00 bits per heavy atom. The fourth-order valence-electron chi connectivity index (χ4n) is 1.39. The molecule has 0 aliphatic rings. The van der Waals surface area contributed by atoms with Crippen LogP contribution in [0.25, 0.3) is 0 Å². The summed E-state index contributed by atoms with van der Waals surface area (Å²) in [5.74, 6) is 2.54. The lowest BCUT2D eigenvalue weighted by Gasteiger charge is -2.04. The van der Waals surface area contributed by atoms with Crippen molar-refractivity contribution >= 4 is 11.6 Å². The molecule has 0 radical (unpaired) electrons. The van der Waals surface area contributed by atoms with Gasteiger partial charge in [-0.25, -0.2) is 0 Å². The number of aromatic nitrogens is 2. The first-order chi connectivity index (χ1) is 6.81. The minimum Gasteiger partial charge on any atom is -0.425 e. The first kappa shape index (κ1) is 11.5. The van der Waals surface area contributed by atoms with Crippen molar-refractivity contribution in [3.05, 3.63) is 11.8 Å². The quantitative estimate of drug-likeness (QED) is 0.686. The summed E-state index contributed by atoms with van der Waals surface area (Å²) >= 11 is 5.59. The number of hydrogen-bond acceptors (Lipinski definition) is 3. The van der Waals surface area contributed by atoms with Crippen LogP contribution in [0.3, 0.4) is 0 Å². The fourth-order valence-corrected chi connectivity index (χ4v) is 1.52. The van der Waals surface area contributed by atoms with Gasteiger partial charge in [0.05, 0.1) is 0 Å². The van der Waals surface area contributed by atoms with E-state index in [1.54, 1.807) is 0 Å². The lowest BCUT2D eigenvalue weighted by Crippen LogP contribution is -1.95. The maximum Gasteiger partial charge on any atom is 0.219 e. The molecule has 0 amide bonds. The monoisotopic (exact) mass is 216 g/mol. The molecule has 0 unspecified atom stereocenters. The summed E-state index contributed by atoms with van der Waals surface area (Å²) in [6.07, 6.45) is 3.78. The summed E-state index contributed by atoms with van der Waals surface area (Å²) in [5.41, 5.74) is 0. The van der Waals surface area contributed by atoms with Crippen LogP contribution in [0, 0.1) is 0 Å². The minimum absolute atomic E-state index is 0.409. The number of rotatable bonds is 6. The molecule has 1 aromatic heterocycles. The third-order valence-electron chi connectivity index (χ3n) is 2.34. The lowest BCUT2D eigenvalue weighted by molar-refractivity contribution is 0.403. The van der Waals surface area contributed by atoms with E-state index in [1.807, 2.05) is 0 Å². The predicted octanol–water partition coefficient (Wildman–Crippen LogP) is 3.14. The molecule has 1 heterocycles. The Labute approximate surface area is 89.9 Å². The van der Waals surface area contributed by atoms with Crippen LogP contribution >= 0.6 is 11.6 Å². The standard InChI is InChI=1S/C10H17ClN2O/c1-3-8(4-2)10-13-12-9(14-10)6-5-7-11/h8H,3-7H2,1-2H3. The molecule has 1 aromatic rings. The van der Waals surface area contributed by atoms with Gasteiger partial charge in [0, 0.05) is 18.2 Å². The zero-order valence-electron chi connectivity index (χ0n) is 8.79. The van der Waals surface area contributed by atoms with E-state index in [2.05, 4.69) is 24.0 Å². The highest BCUT2D eigenvalue weighted by molar-refractivity contribution is 6.17. The van der Waals surface area contributed by atoms with Gasteiger partial charge in [-0.3, -0.25) is 0 Å².